The minimum Gasteiger partial charge on any atom is -0.480 e. The van der Waals surface area contributed by atoms with Gasteiger partial charge in [-0.2, -0.15) is 5.10 Å². The summed E-state index contributed by atoms with van der Waals surface area (Å²) in [6.07, 6.45) is -2.49. The molecule has 0 saturated carbocycles. The number of hydrogen-bond acceptors (Lipinski definition) is 3. The summed E-state index contributed by atoms with van der Waals surface area (Å²) >= 11 is 0. The number of rotatable bonds is 6. The van der Waals surface area contributed by atoms with Crippen LogP contribution in [0.4, 0.5) is 8.78 Å². The molecule has 1 unspecified atom stereocenters. The van der Waals surface area contributed by atoms with Gasteiger partial charge in [-0.15, -0.1) is 0 Å². The van der Waals surface area contributed by atoms with Crippen molar-refractivity contribution in [1.29, 1.82) is 0 Å². The summed E-state index contributed by atoms with van der Waals surface area (Å²) in [5.74, 6) is -2.25. The summed E-state index contributed by atoms with van der Waals surface area (Å²) in [7, 11) is 0. The fourth-order valence-electron chi connectivity index (χ4n) is 2.46. The fraction of sp³-hybridized carbons (Fsp3) is 0.353. The third-order valence-corrected chi connectivity index (χ3v) is 3.86. The molecule has 1 atom stereocenters. The molecule has 25 heavy (non-hydrogen) atoms. The Morgan fingerprint density at radius 1 is 1.28 bits per heavy atom. The lowest BCUT2D eigenvalue weighted by molar-refractivity contribution is -0.140. The predicted molar refractivity (Wildman–Crippen MR) is 87.3 cm³/mol. The Labute approximate surface area is 143 Å². The molecule has 0 fully saturated rings. The van der Waals surface area contributed by atoms with Gasteiger partial charge in [-0.1, -0.05) is 12.1 Å². The number of carboxylic acid groups (broad SMARTS) is 1. The first kappa shape index (κ1) is 18.6. The number of halogens is 2. The van der Waals surface area contributed by atoms with Gasteiger partial charge in [-0.25, -0.2) is 18.3 Å². The Morgan fingerprint density at radius 3 is 2.56 bits per heavy atom. The Morgan fingerprint density at radius 2 is 1.96 bits per heavy atom. The molecule has 0 spiro atoms. The molecule has 0 radical (unpaired) electrons. The Balaban J connectivity index is 2.29. The quantitative estimate of drug-likeness (QED) is 0.838. The van der Waals surface area contributed by atoms with Crippen LogP contribution in [-0.2, 0) is 4.79 Å². The molecule has 6 nitrogen and oxygen atoms in total. The second-order valence-electron chi connectivity index (χ2n) is 5.84. The number of nitrogens with one attached hydrogen (secondary N) is 1. The Hall–Kier alpha value is -2.77. The molecule has 0 aliphatic carbocycles. The minimum atomic E-state index is -2.83. The number of hydrogen-bond donors (Lipinski definition) is 2. The van der Waals surface area contributed by atoms with Crippen molar-refractivity contribution in [2.45, 2.75) is 39.7 Å². The molecule has 1 aromatic heterocycles. The number of nitrogens with zero attached hydrogens (tertiary/aromatic N) is 2. The van der Waals surface area contributed by atoms with Crippen molar-refractivity contribution in [3.8, 4) is 5.69 Å². The van der Waals surface area contributed by atoms with E-state index >= 15 is 0 Å². The topological polar surface area (TPSA) is 84.2 Å². The fourth-order valence-corrected chi connectivity index (χ4v) is 2.46. The number of aliphatic carboxylic acids is 1. The van der Waals surface area contributed by atoms with E-state index in [4.69, 9.17) is 5.11 Å². The molecule has 0 aliphatic heterocycles. The number of carbonyl (C=O) groups excluding carboxylic acids is 1. The summed E-state index contributed by atoms with van der Waals surface area (Å²) in [5, 5.41) is 15.3. The lowest BCUT2D eigenvalue weighted by Gasteiger charge is -2.14. The first-order valence-corrected chi connectivity index (χ1v) is 7.64. The average molecular weight is 351 g/mol. The molecule has 1 heterocycles. The second-order valence-corrected chi connectivity index (χ2v) is 5.84. The van der Waals surface area contributed by atoms with E-state index in [1.807, 2.05) is 32.0 Å². The van der Waals surface area contributed by atoms with Crippen LogP contribution < -0.4 is 5.32 Å². The highest BCUT2D eigenvalue weighted by Gasteiger charge is 2.26. The number of alkyl halides is 2. The Bertz CT molecular complexity index is 802. The van der Waals surface area contributed by atoms with Gasteiger partial charge in [-0.3, -0.25) is 4.79 Å². The van der Waals surface area contributed by atoms with E-state index in [0.29, 0.717) is 5.69 Å². The predicted octanol–water partition coefficient (Wildman–Crippen LogP) is 2.64. The third kappa shape index (κ3) is 4.20. The van der Waals surface area contributed by atoms with Gasteiger partial charge in [0.15, 0.2) is 0 Å². The van der Waals surface area contributed by atoms with Crippen molar-refractivity contribution in [3.05, 3.63) is 46.8 Å². The molecule has 8 heteroatoms. The Kier molecular flexibility index (Phi) is 5.51. The van der Waals surface area contributed by atoms with Crippen LogP contribution in [0, 0.1) is 20.8 Å². The zero-order chi connectivity index (χ0) is 18.7. The standard InChI is InChI=1S/C17H19F2N3O3/c1-9-4-5-10(2)14(6-9)22-11(3)12(8-20-22)16(23)21-13(17(24)25)7-15(18)19/h4-6,8,13,15H,7H2,1-3H3,(H,21,23)(H,24,25). The van der Waals surface area contributed by atoms with Crippen LogP contribution in [0.15, 0.2) is 24.4 Å². The van der Waals surface area contributed by atoms with Gasteiger partial charge >= 0.3 is 5.97 Å². The summed E-state index contributed by atoms with van der Waals surface area (Å²) < 4.78 is 26.5. The van der Waals surface area contributed by atoms with E-state index < -0.39 is 30.8 Å². The van der Waals surface area contributed by atoms with Crippen molar-refractivity contribution < 1.29 is 23.5 Å². The molecule has 2 N–H and O–H groups in total. The number of amides is 1. The highest BCUT2D eigenvalue weighted by molar-refractivity contribution is 5.97. The molecule has 0 aliphatic rings. The van der Waals surface area contributed by atoms with Gasteiger partial charge in [0, 0.05) is 6.42 Å². The lowest BCUT2D eigenvalue weighted by atomic mass is 10.1. The minimum absolute atomic E-state index is 0.140. The van der Waals surface area contributed by atoms with Crippen molar-refractivity contribution in [2.24, 2.45) is 0 Å². The second kappa shape index (κ2) is 7.42. The number of carboxylic acids is 1. The van der Waals surface area contributed by atoms with Crippen LogP contribution in [0.2, 0.25) is 0 Å². The molecule has 2 aromatic rings. The smallest absolute Gasteiger partial charge is 0.326 e. The molecule has 134 valence electrons. The maximum absolute atomic E-state index is 12.5. The van der Waals surface area contributed by atoms with Crippen LogP contribution in [0.3, 0.4) is 0 Å². The van der Waals surface area contributed by atoms with Gasteiger partial charge in [0.25, 0.3) is 5.91 Å². The summed E-state index contributed by atoms with van der Waals surface area (Å²) in [5.41, 5.74) is 3.39. The summed E-state index contributed by atoms with van der Waals surface area (Å²) in [6.45, 7) is 5.49. The normalized spacial score (nSPS) is 12.2. The first-order valence-electron chi connectivity index (χ1n) is 7.64. The molecule has 1 amide bonds. The number of aromatic nitrogens is 2. The van der Waals surface area contributed by atoms with Crippen LogP contribution in [0.25, 0.3) is 5.69 Å². The van der Waals surface area contributed by atoms with E-state index in [-0.39, 0.29) is 5.56 Å². The monoisotopic (exact) mass is 351 g/mol. The van der Waals surface area contributed by atoms with Crippen molar-refractivity contribution in [2.75, 3.05) is 0 Å². The van der Waals surface area contributed by atoms with E-state index in [0.717, 1.165) is 16.8 Å². The van der Waals surface area contributed by atoms with Crippen LogP contribution in [0.5, 0.6) is 0 Å². The highest BCUT2D eigenvalue weighted by atomic mass is 19.3. The zero-order valence-electron chi connectivity index (χ0n) is 14.1. The van der Waals surface area contributed by atoms with Crippen molar-refractivity contribution >= 4 is 11.9 Å². The molecule has 0 saturated heterocycles. The van der Waals surface area contributed by atoms with E-state index in [1.54, 1.807) is 11.6 Å². The lowest BCUT2D eigenvalue weighted by Crippen LogP contribution is -2.42. The van der Waals surface area contributed by atoms with Crippen LogP contribution in [-0.4, -0.2) is 39.2 Å². The largest absolute Gasteiger partial charge is 0.480 e. The van der Waals surface area contributed by atoms with Gasteiger partial charge in [0.1, 0.15) is 6.04 Å². The third-order valence-electron chi connectivity index (χ3n) is 3.86. The zero-order valence-corrected chi connectivity index (χ0v) is 14.1. The molecule has 0 bridgehead atoms. The first-order chi connectivity index (χ1) is 11.7. The van der Waals surface area contributed by atoms with Gasteiger partial charge < -0.3 is 10.4 Å². The van der Waals surface area contributed by atoms with Gasteiger partial charge in [0.2, 0.25) is 6.43 Å². The van der Waals surface area contributed by atoms with Crippen molar-refractivity contribution in [1.82, 2.24) is 15.1 Å². The number of aryl methyl sites for hydroxylation is 2. The molecular formula is C17H19F2N3O3. The summed E-state index contributed by atoms with van der Waals surface area (Å²) in [4.78, 5) is 23.3. The van der Waals surface area contributed by atoms with Crippen LogP contribution >= 0.6 is 0 Å². The SMILES string of the molecule is Cc1ccc(C)c(-n2ncc(C(=O)NC(CC(F)F)C(=O)O)c2C)c1. The number of benzene rings is 1. The molecule has 1 aromatic carbocycles. The van der Waals surface area contributed by atoms with E-state index in [9.17, 15) is 18.4 Å². The van der Waals surface area contributed by atoms with E-state index in [2.05, 4.69) is 10.4 Å². The van der Waals surface area contributed by atoms with Crippen molar-refractivity contribution in [3.63, 3.8) is 0 Å². The van der Waals surface area contributed by atoms with Gasteiger partial charge in [0.05, 0.1) is 23.1 Å². The molecular weight excluding hydrogens is 332 g/mol. The highest BCUT2D eigenvalue weighted by Crippen LogP contribution is 2.19. The molecule has 2 rings (SSSR count). The maximum atomic E-state index is 12.5. The van der Waals surface area contributed by atoms with E-state index in [1.165, 1.54) is 6.20 Å². The van der Waals surface area contributed by atoms with Crippen LogP contribution in [0.1, 0.15) is 33.6 Å². The average Bonchev–Trinajstić information content (AvgIpc) is 2.90. The maximum Gasteiger partial charge on any atom is 0.326 e. The number of carbonyl (C=O) groups is 2. The summed E-state index contributed by atoms with van der Waals surface area (Å²) in [6, 6.07) is 4.13. The van der Waals surface area contributed by atoms with Gasteiger partial charge in [-0.05, 0) is 38.0 Å².